The van der Waals surface area contributed by atoms with E-state index in [2.05, 4.69) is 15.1 Å². The Bertz CT molecular complexity index is 1000. The lowest BCUT2D eigenvalue weighted by Crippen LogP contribution is -2.18. The molecule has 8 heteroatoms. The minimum absolute atomic E-state index is 0.0365. The number of halogens is 3. The lowest BCUT2D eigenvalue weighted by atomic mass is 9.97. The molecule has 2 aromatic heterocycles. The molecule has 0 saturated carbocycles. The third-order valence-electron chi connectivity index (χ3n) is 4.32. The van der Waals surface area contributed by atoms with Crippen molar-refractivity contribution >= 4 is 34.1 Å². The summed E-state index contributed by atoms with van der Waals surface area (Å²) in [5.41, 5.74) is 2.06. The summed E-state index contributed by atoms with van der Waals surface area (Å²) in [6.07, 6.45) is 1.39. The first-order chi connectivity index (χ1) is 11.9. The van der Waals surface area contributed by atoms with E-state index in [9.17, 15) is 4.39 Å². The number of benzene rings is 1. The fourth-order valence-corrected chi connectivity index (χ4v) is 3.57. The second-order valence-electron chi connectivity index (χ2n) is 6.43. The summed E-state index contributed by atoms with van der Waals surface area (Å²) in [4.78, 5) is 8.01. The molecule has 1 unspecified atom stereocenters. The molecule has 0 aliphatic carbocycles. The maximum atomic E-state index is 14.8. The van der Waals surface area contributed by atoms with Crippen LogP contribution in [0.5, 0.6) is 5.75 Å². The lowest BCUT2D eigenvalue weighted by Gasteiger charge is -2.24. The van der Waals surface area contributed by atoms with Crippen molar-refractivity contribution < 1.29 is 9.13 Å². The highest BCUT2D eigenvalue weighted by atomic mass is 35.5. The molecule has 0 amide bonds. The van der Waals surface area contributed by atoms with Crippen LogP contribution in [0.4, 0.5) is 4.39 Å². The largest absolute Gasteiger partial charge is 0.491 e. The molecule has 0 radical (unpaired) electrons. The summed E-state index contributed by atoms with van der Waals surface area (Å²) >= 11 is 12.1. The van der Waals surface area contributed by atoms with E-state index in [1.54, 1.807) is 0 Å². The molecule has 25 heavy (non-hydrogen) atoms. The fourth-order valence-electron chi connectivity index (χ4n) is 3.25. The Balaban J connectivity index is 2.11. The van der Waals surface area contributed by atoms with E-state index in [1.165, 1.54) is 12.3 Å². The van der Waals surface area contributed by atoms with Gasteiger partial charge in [0.25, 0.3) is 0 Å². The smallest absolute Gasteiger partial charge is 0.222 e. The van der Waals surface area contributed by atoms with Crippen molar-refractivity contribution in [3.8, 4) is 17.0 Å². The Morgan fingerprint density at radius 1 is 1.36 bits per heavy atom. The second-order valence-corrected chi connectivity index (χ2v) is 7.18. The molecule has 3 aromatic rings. The van der Waals surface area contributed by atoms with Gasteiger partial charge in [0.15, 0.2) is 5.82 Å². The average molecular weight is 381 g/mol. The molecule has 130 valence electrons. The minimum atomic E-state index is -0.446. The van der Waals surface area contributed by atoms with Crippen molar-refractivity contribution in [3.05, 3.63) is 34.1 Å². The van der Waals surface area contributed by atoms with Crippen LogP contribution in [0, 0.1) is 5.82 Å². The molecule has 0 fully saturated rings. The maximum Gasteiger partial charge on any atom is 0.222 e. The quantitative estimate of drug-likeness (QED) is 0.585. The van der Waals surface area contributed by atoms with Crippen LogP contribution in [-0.4, -0.2) is 26.4 Å². The number of hydrogen-bond donors (Lipinski definition) is 0. The van der Waals surface area contributed by atoms with Crippen LogP contribution in [0.1, 0.15) is 38.4 Å². The van der Waals surface area contributed by atoms with Crippen molar-refractivity contribution in [2.75, 3.05) is 6.61 Å². The van der Waals surface area contributed by atoms with E-state index in [4.69, 9.17) is 27.9 Å². The predicted octanol–water partition coefficient (Wildman–Crippen LogP) is 5.02. The fraction of sp³-hybridized carbons (Fsp3) is 0.353. The van der Waals surface area contributed by atoms with Gasteiger partial charge >= 0.3 is 0 Å². The van der Waals surface area contributed by atoms with Crippen molar-refractivity contribution in [1.82, 2.24) is 19.7 Å². The third-order valence-corrected chi connectivity index (χ3v) is 4.78. The Kier molecular flexibility index (Phi) is 3.85. The van der Waals surface area contributed by atoms with Crippen LogP contribution in [0.15, 0.2) is 12.3 Å². The number of hydrogen-bond acceptors (Lipinski definition) is 4. The monoisotopic (exact) mass is 380 g/mol. The lowest BCUT2D eigenvalue weighted by molar-refractivity contribution is 0.282. The molecular formula is C17H15Cl2FN4O. The summed E-state index contributed by atoms with van der Waals surface area (Å²) < 4.78 is 22.7. The standard InChI is InChI=1S/C17H15Cl2FN4O/c1-7(2)24-15-8(3)6-25-16-9(4-11(20)14(23-24)12(15)16)13-10(18)5-21-17(19)22-13/h4-5,7-8H,6H2,1-3H3. The molecule has 0 spiro atoms. The zero-order valence-electron chi connectivity index (χ0n) is 13.8. The van der Waals surface area contributed by atoms with Gasteiger partial charge in [0, 0.05) is 17.5 Å². The van der Waals surface area contributed by atoms with Crippen molar-refractivity contribution in [3.63, 3.8) is 0 Å². The molecule has 1 aromatic carbocycles. The van der Waals surface area contributed by atoms with E-state index in [1.807, 2.05) is 25.5 Å². The first kappa shape index (κ1) is 16.5. The molecule has 1 aliphatic rings. The van der Waals surface area contributed by atoms with Gasteiger partial charge in [-0.05, 0) is 31.5 Å². The average Bonchev–Trinajstić information content (AvgIpc) is 2.98. The van der Waals surface area contributed by atoms with Gasteiger partial charge in [0.2, 0.25) is 5.28 Å². The first-order valence-electron chi connectivity index (χ1n) is 7.94. The van der Waals surface area contributed by atoms with Gasteiger partial charge in [-0.2, -0.15) is 5.10 Å². The maximum absolute atomic E-state index is 14.8. The van der Waals surface area contributed by atoms with Crippen molar-refractivity contribution in [2.24, 2.45) is 0 Å². The highest BCUT2D eigenvalue weighted by molar-refractivity contribution is 6.34. The SMILES string of the molecule is CC1COc2c(-c3nc(Cl)ncc3Cl)cc(F)c3nn(C(C)C)c1c23. The number of rotatable bonds is 2. The zero-order valence-corrected chi connectivity index (χ0v) is 15.4. The van der Waals surface area contributed by atoms with E-state index in [0.717, 1.165) is 5.69 Å². The van der Waals surface area contributed by atoms with Gasteiger partial charge in [0.1, 0.15) is 11.3 Å². The topological polar surface area (TPSA) is 52.8 Å². The summed E-state index contributed by atoms with van der Waals surface area (Å²) in [6.45, 7) is 6.54. The van der Waals surface area contributed by atoms with Crippen LogP contribution in [0.3, 0.4) is 0 Å². The highest BCUT2D eigenvalue weighted by Gasteiger charge is 2.31. The van der Waals surface area contributed by atoms with Gasteiger partial charge in [-0.25, -0.2) is 14.4 Å². The molecule has 1 atom stereocenters. The van der Waals surface area contributed by atoms with Gasteiger partial charge < -0.3 is 4.74 Å². The van der Waals surface area contributed by atoms with E-state index < -0.39 is 5.82 Å². The second kappa shape index (κ2) is 5.81. The third kappa shape index (κ3) is 2.47. The molecule has 1 aliphatic heterocycles. The van der Waals surface area contributed by atoms with E-state index in [-0.39, 0.29) is 22.3 Å². The number of aromatic nitrogens is 4. The summed E-state index contributed by atoms with van der Waals surface area (Å²) in [7, 11) is 0. The minimum Gasteiger partial charge on any atom is -0.491 e. The van der Waals surface area contributed by atoms with Gasteiger partial charge in [-0.3, -0.25) is 4.68 Å². The summed E-state index contributed by atoms with van der Waals surface area (Å²) in [5, 5.41) is 5.47. The number of nitrogens with zero attached hydrogens (tertiary/aromatic N) is 4. The van der Waals surface area contributed by atoms with E-state index >= 15 is 0 Å². The van der Waals surface area contributed by atoms with Crippen LogP contribution in [0.25, 0.3) is 22.2 Å². The van der Waals surface area contributed by atoms with Crippen LogP contribution >= 0.6 is 23.2 Å². The normalized spacial score (nSPS) is 16.5. The Hall–Kier alpha value is -1.92. The van der Waals surface area contributed by atoms with Gasteiger partial charge in [0.05, 0.1) is 34.6 Å². The van der Waals surface area contributed by atoms with Gasteiger partial charge in [-0.1, -0.05) is 18.5 Å². The molecule has 0 saturated heterocycles. The van der Waals surface area contributed by atoms with Crippen molar-refractivity contribution in [2.45, 2.75) is 32.7 Å². The first-order valence-corrected chi connectivity index (χ1v) is 8.70. The molecule has 0 bridgehead atoms. The molecule has 5 nitrogen and oxygen atoms in total. The zero-order chi connectivity index (χ0) is 17.9. The Labute approximate surface area is 153 Å². The number of ether oxygens (including phenoxy) is 1. The molecule has 4 rings (SSSR count). The van der Waals surface area contributed by atoms with Crippen LogP contribution in [0.2, 0.25) is 10.3 Å². The van der Waals surface area contributed by atoms with Crippen molar-refractivity contribution in [1.29, 1.82) is 0 Å². The summed E-state index contributed by atoms with van der Waals surface area (Å²) in [5.74, 6) is 0.185. The van der Waals surface area contributed by atoms with Crippen LogP contribution < -0.4 is 4.74 Å². The molecule has 0 N–H and O–H groups in total. The molecule has 3 heterocycles. The Morgan fingerprint density at radius 2 is 2.12 bits per heavy atom. The Morgan fingerprint density at radius 3 is 2.84 bits per heavy atom. The van der Waals surface area contributed by atoms with Gasteiger partial charge in [-0.15, -0.1) is 0 Å². The molecular weight excluding hydrogens is 366 g/mol. The van der Waals surface area contributed by atoms with Crippen LogP contribution in [-0.2, 0) is 0 Å². The predicted molar refractivity (Wildman–Crippen MR) is 95.0 cm³/mol. The van der Waals surface area contributed by atoms with E-state index in [0.29, 0.717) is 34.5 Å². The summed E-state index contributed by atoms with van der Waals surface area (Å²) in [6, 6.07) is 1.45. The highest BCUT2D eigenvalue weighted by Crippen LogP contribution is 2.46.